The van der Waals surface area contributed by atoms with Crippen LogP contribution in [0.1, 0.15) is 91.9 Å². The van der Waals surface area contributed by atoms with E-state index in [0.29, 0.717) is 5.92 Å². The maximum atomic E-state index is 4.06. The minimum Gasteiger partial charge on any atom is -0.0625 e. The van der Waals surface area contributed by atoms with Gasteiger partial charge >= 0.3 is 0 Å². The molecule has 0 fully saturated rings. The van der Waals surface area contributed by atoms with Gasteiger partial charge < -0.3 is 0 Å². The van der Waals surface area contributed by atoms with Crippen LogP contribution in [0.25, 0.3) is 0 Å². The van der Waals surface area contributed by atoms with Crippen molar-refractivity contribution in [3.05, 3.63) is 13.8 Å². The Balaban J connectivity index is 3.43. The molecule has 0 heteroatoms. The Morgan fingerprint density at radius 2 is 0.950 bits per heavy atom. The van der Waals surface area contributed by atoms with Gasteiger partial charge in [0.1, 0.15) is 0 Å². The molecule has 120 valence electrons. The molecule has 0 aliphatic heterocycles. The number of rotatable bonds is 13. The first kappa shape index (κ1) is 20.0. The Morgan fingerprint density at radius 3 is 1.30 bits per heavy atom. The van der Waals surface area contributed by atoms with Crippen LogP contribution >= 0.6 is 0 Å². The second-order valence-corrected chi connectivity index (χ2v) is 7.50. The van der Waals surface area contributed by atoms with E-state index in [1.807, 2.05) is 0 Å². The monoisotopic (exact) mass is 280 g/mol. The van der Waals surface area contributed by atoms with Crippen molar-refractivity contribution < 1.29 is 0 Å². The van der Waals surface area contributed by atoms with Crippen molar-refractivity contribution in [2.24, 2.45) is 23.7 Å². The van der Waals surface area contributed by atoms with Crippen LogP contribution in [0.5, 0.6) is 0 Å². The molecule has 20 heavy (non-hydrogen) atoms. The number of hydrogen-bond donors (Lipinski definition) is 0. The van der Waals surface area contributed by atoms with E-state index >= 15 is 0 Å². The molecule has 0 amide bonds. The average molecular weight is 281 g/mol. The first-order chi connectivity index (χ1) is 9.45. The van der Waals surface area contributed by atoms with E-state index in [4.69, 9.17) is 0 Å². The summed E-state index contributed by atoms with van der Waals surface area (Å²) in [6, 6.07) is 0. The highest BCUT2D eigenvalue weighted by molar-refractivity contribution is 4.62. The summed E-state index contributed by atoms with van der Waals surface area (Å²) in [5.74, 6) is 3.27. The van der Waals surface area contributed by atoms with E-state index in [2.05, 4.69) is 41.5 Å². The van der Waals surface area contributed by atoms with Crippen LogP contribution in [-0.4, -0.2) is 0 Å². The van der Waals surface area contributed by atoms with Crippen molar-refractivity contribution in [1.29, 1.82) is 0 Å². The summed E-state index contributed by atoms with van der Waals surface area (Å²) < 4.78 is 0. The van der Waals surface area contributed by atoms with Gasteiger partial charge in [0.25, 0.3) is 0 Å². The van der Waals surface area contributed by atoms with E-state index in [-0.39, 0.29) is 0 Å². The molecule has 0 aromatic carbocycles. The lowest BCUT2D eigenvalue weighted by Crippen LogP contribution is -2.01. The molecule has 4 atom stereocenters. The molecule has 0 spiro atoms. The van der Waals surface area contributed by atoms with Gasteiger partial charge in [-0.1, -0.05) is 106 Å². The first-order valence-electron chi connectivity index (χ1n) is 9.08. The lowest BCUT2D eigenvalue weighted by Gasteiger charge is -2.15. The first-order valence-corrected chi connectivity index (χ1v) is 9.08. The zero-order chi connectivity index (χ0) is 15.4. The number of hydrogen-bond acceptors (Lipinski definition) is 0. The fourth-order valence-electron chi connectivity index (χ4n) is 2.88. The van der Waals surface area contributed by atoms with Crippen LogP contribution in [0.4, 0.5) is 0 Å². The third-order valence-electron chi connectivity index (χ3n) is 4.67. The maximum Gasteiger partial charge on any atom is -0.0443 e. The minimum absolute atomic E-state index is 0.628. The second-order valence-electron chi connectivity index (χ2n) is 7.50. The van der Waals surface area contributed by atoms with Crippen molar-refractivity contribution in [3.63, 3.8) is 0 Å². The predicted octanol–water partition coefficient (Wildman–Crippen LogP) is 7.10. The Morgan fingerprint density at radius 1 is 0.600 bits per heavy atom. The van der Waals surface area contributed by atoms with Gasteiger partial charge in [0.2, 0.25) is 0 Å². The molecular weight excluding hydrogens is 240 g/mol. The molecule has 0 bridgehead atoms. The van der Waals surface area contributed by atoms with Gasteiger partial charge in [-0.05, 0) is 23.7 Å². The molecule has 0 aromatic rings. The normalized spacial score (nSPS) is 16.4. The Bertz CT molecular complexity index is 194. The molecule has 0 N–H and O–H groups in total. The lowest BCUT2D eigenvalue weighted by molar-refractivity contribution is 0.380. The Labute approximate surface area is 130 Å². The van der Waals surface area contributed by atoms with E-state index in [1.165, 1.54) is 57.8 Å². The van der Waals surface area contributed by atoms with Gasteiger partial charge in [0.05, 0.1) is 0 Å². The molecule has 0 aliphatic carbocycles. The Kier molecular flexibility index (Phi) is 12.7. The summed E-state index contributed by atoms with van der Waals surface area (Å²) in [4.78, 5) is 0. The zero-order valence-electron chi connectivity index (χ0n) is 14.8. The fraction of sp³-hybridized carbons (Fsp3) is 0.900. The highest BCUT2D eigenvalue weighted by atomic mass is 14.1. The fourth-order valence-corrected chi connectivity index (χ4v) is 2.88. The SMILES string of the molecule is [CH2]CC(C)CCCC(C)CCCC(C)CCCC([CH2])C. The summed E-state index contributed by atoms with van der Waals surface area (Å²) in [7, 11) is 0. The molecule has 4 unspecified atom stereocenters. The van der Waals surface area contributed by atoms with Gasteiger partial charge in [0.15, 0.2) is 0 Å². The molecule has 0 aromatic heterocycles. The second kappa shape index (κ2) is 12.7. The van der Waals surface area contributed by atoms with Gasteiger partial charge in [-0.2, -0.15) is 0 Å². The average Bonchev–Trinajstić information content (AvgIpc) is 2.38. The summed E-state index contributed by atoms with van der Waals surface area (Å²) >= 11 is 0. The minimum atomic E-state index is 0.628. The van der Waals surface area contributed by atoms with Gasteiger partial charge in [-0.15, -0.1) is 0 Å². The molecular formula is C20H40. The van der Waals surface area contributed by atoms with Crippen molar-refractivity contribution >= 4 is 0 Å². The lowest BCUT2D eigenvalue weighted by atomic mass is 9.91. The molecule has 0 saturated carbocycles. The van der Waals surface area contributed by atoms with Crippen molar-refractivity contribution in [3.8, 4) is 0 Å². The highest BCUT2D eigenvalue weighted by Crippen LogP contribution is 2.22. The van der Waals surface area contributed by atoms with Crippen LogP contribution in [0.15, 0.2) is 0 Å². The molecule has 0 nitrogen and oxygen atoms in total. The van der Waals surface area contributed by atoms with Gasteiger partial charge in [-0.3, -0.25) is 0 Å². The van der Waals surface area contributed by atoms with Crippen LogP contribution in [-0.2, 0) is 0 Å². The summed E-state index contributed by atoms with van der Waals surface area (Å²) in [5, 5.41) is 0. The van der Waals surface area contributed by atoms with Crippen molar-refractivity contribution in [1.82, 2.24) is 0 Å². The van der Waals surface area contributed by atoms with Crippen LogP contribution in [0, 0.1) is 37.5 Å². The van der Waals surface area contributed by atoms with E-state index in [9.17, 15) is 0 Å². The topological polar surface area (TPSA) is 0 Å². The molecule has 0 aliphatic rings. The smallest absolute Gasteiger partial charge is 0.0443 e. The largest absolute Gasteiger partial charge is 0.0625 e. The van der Waals surface area contributed by atoms with E-state index in [1.54, 1.807) is 0 Å². The van der Waals surface area contributed by atoms with Gasteiger partial charge in [0, 0.05) is 0 Å². The third kappa shape index (κ3) is 13.0. The highest BCUT2D eigenvalue weighted by Gasteiger charge is 2.07. The Hall–Kier alpha value is 0. The van der Waals surface area contributed by atoms with Crippen LogP contribution in [0.2, 0.25) is 0 Å². The summed E-state index contributed by atoms with van der Waals surface area (Å²) in [5.41, 5.74) is 0. The summed E-state index contributed by atoms with van der Waals surface area (Å²) in [6.07, 6.45) is 13.6. The van der Waals surface area contributed by atoms with Crippen LogP contribution in [0.3, 0.4) is 0 Å². The van der Waals surface area contributed by atoms with E-state index < -0.39 is 0 Å². The standard InChI is InChI=1S/C20H40/c1-7-18(4)12-9-14-20(6)16-10-15-19(5)13-8-11-17(2)3/h17-20H,1-2,7-16H2,3-6H3. The molecule has 2 radical (unpaired) electrons. The van der Waals surface area contributed by atoms with Gasteiger partial charge in [-0.25, -0.2) is 0 Å². The summed E-state index contributed by atoms with van der Waals surface area (Å²) in [6.45, 7) is 17.5. The molecule has 0 rings (SSSR count). The molecule has 0 heterocycles. The van der Waals surface area contributed by atoms with E-state index in [0.717, 1.165) is 24.2 Å². The zero-order valence-corrected chi connectivity index (χ0v) is 14.8. The van der Waals surface area contributed by atoms with Crippen molar-refractivity contribution in [2.75, 3.05) is 0 Å². The third-order valence-corrected chi connectivity index (χ3v) is 4.67. The maximum absolute atomic E-state index is 4.06. The van der Waals surface area contributed by atoms with Crippen LogP contribution < -0.4 is 0 Å². The molecule has 0 saturated heterocycles. The quantitative estimate of drug-likeness (QED) is 0.337. The predicted molar refractivity (Wildman–Crippen MR) is 93.5 cm³/mol. The van der Waals surface area contributed by atoms with Crippen molar-refractivity contribution in [2.45, 2.75) is 91.9 Å².